The van der Waals surface area contributed by atoms with E-state index in [2.05, 4.69) is 98.3 Å². The molecule has 2 amide bonds. The molecule has 0 spiro atoms. The van der Waals surface area contributed by atoms with Gasteiger partial charge in [-0.25, -0.2) is 11.4 Å². The first-order valence-electron chi connectivity index (χ1n) is 14.3. The van der Waals surface area contributed by atoms with E-state index < -0.39 is 43.1 Å². The molecule has 0 heterocycles. The summed E-state index contributed by atoms with van der Waals surface area (Å²) < 4.78 is 9.22. The lowest BCUT2D eigenvalue weighted by Crippen LogP contribution is -3.00. The largest absolute Gasteiger partial charge is 1.00 e. The smallest absolute Gasteiger partial charge is 0.325 e. The standard InChI is InChI=1S/C33H40N3O6PS.BrH/c1-41-31(38)23-35-32(39)29(36-30(37)20-19-28(34)33(40)42-2)24-44-22-12-21-43(25-13-6-3-7-14-25,26-15-8-4-9-16-26)27-17-10-5-11-18-27;/h3-11,13-18,22,28-29,44H,12,19-21,23-24,34H2,1-2H3,(H-,35,36,37,39);1H. The number of esters is 2. The van der Waals surface area contributed by atoms with Gasteiger partial charge in [0, 0.05) is 18.6 Å². The Hall–Kier alpha value is -3.37. The Labute approximate surface area is 279 Å². The molecule has 242 valence electrons. The fraction of sp³-hybridized carbons (Fsp3) is 0.303. The van der Waals surface area contributed by atoms with Crippen LogP contribution in [0.3, 0.4) is 0 Å². The Morgan fingerprint density at radius 1 is 0.844 bits per heavy atom. The number of hydrogen-bond donors (Lipinski definition) is 4. The van der Waals surface area contributed by atoms with Crippen molar-refractivity contribution in [1.29, 1.82) is 0 Å². The molecule has 4 N–H and O–H groups in total. The first kappa shape index (κ1) is 37.8. The number of nitrogens with two attached hydrogens (primary N) is 1. The third-order valence-electron chi connectivity index (χ3n) is 7.07. The second-order valence-electron chi connectivity index (χ2n) is 9.96. The lowest BCUT2D eigenvalue weighted by atomic mass is 10.1. The Kier molecular flexibility index (Phi) is 16.7. The van der Waals surface area contributed by atoms with Crippen LogP contribution in [0.5, 0.6) is 0 Å². The van der Waals surface area contributed by atoms with Crippen molar-refractivity contribution < 1.29 is 45.6 Å². The lowest BCUT2D eigenvalue weighted by Gasteiger charge is -2.27. The average molecular weight is 719 g/mol. The first-order valence-corrected chi connectivity index (χ1v) is 17.4. The van der Waals surface area contributed by atoms with E-state index in [1.54, 1.807) is 0 Å². The van der Waals surface area contributed by atoms with Gasteiger partial charge in [0.2, 0.25) is 11.8 Å². The van der Waals surface area contributed by atoms with Crippen LogP contribution in [-0.4, -0.2) is 73.9 Å². The number of halogens is 1. The molecule has 0 radical (unpaired) electrons. The maximum atomic E-state index is 12.9. The van der Waals surface area contributed by atoms with Gasteiger partial charge in [0.1, 0.15) is 41.8 Å². The van der Waals surface area contributed by atoms with Crippen molar-refractivity contribution in [2.75, 3.05) is 32.7 Å². The zero-order valence-electron chi connectivity index (χ0n) is 25.4. The van der Waals surface area contributed by atoms with Crippen molar-refractivity contribution in [2.45, 2.75) is 31.3 Å². The number of ether oxygens (including phenoxy) is 2. The highest BCUT2D eigenvalue weighted by Crippen LogP contribution is 2.55. The average Bonchev–Trinajstić information content (AvgIpc) is 3.07. The predicted octanol–water partition coefficient (Wildman–Crippen LogP) is -1.30. The van der Waals surface area contributed by atoms with Crippen LogP contribution in [0.2, 0.25) is 0 Å². The van der Waals surface area contributed by atoms with Gasteiger partial charge < -0.3 is 42.8 Å². The number of rotatable bonds is 16. The van der Waals surface area contributed by atoms with Gasteiger partial charge in [-0.1, -0.05) is 60.0 Å². The molecule has 0 saturated heterocycles. The molecule has 3 rings (SSSR count). The fourth-order valence-corrected chi connectivity index (χ4v) is 10.1. The number of amides is 2. The highest BCUT2D eigenvalue weighted by molar-refractivity contribution is 7.98. The zero-order chi connectivity index (χ0) is 31.8. The van der Waals surface area contributed by atoms with Crippen LogP contribution in [0.4, 0.5) is 0 Å². The molecule has 0 aliphatic heterocycles. The van der Waals surface area contributed by atoms with Crippen molar-refractivity contribution in [3.8, 4) is 0 Å². The number of hydrogen-bond acceptors (Lipinski definition) is 7. The molecule has 12 heteroatoms. The molecule has 3 aromatic carbocycles. The minimum atomic E-state index is -2.00. The van der Waals surface area contributed by atoms with Crippen LogP contribution in [0, 0.1) is 0 Å². The number of carbonyl (C=O) groups is 4. The molecular weight excluding hydrogens is 677 g/mol. The second-order valence-corrected chi connectivity index (χ2v) is 14.7. The molecule has 0 aliphatic carbocycles. The van der Waals surface area contributed by atoms with E-state index in [9.17, 15) is 19.2 Å². The van der Waals surface area contributed by atoms with Crippen molar-refractivity contribution in [3.05, 3.63) is 91.0 Å². The summed E-state index contributed by atoms with van der Waals surface area (Å²) in [5.41, 5.74) is 5.75. The minimum absolute atomic E-state index is 0. The predicted molar refractivity (Wildman–Crippen MR) is 181 cm³/mol. The molecule has 3 aromatic rings. The number of nitrogens with one attached hydrogen (secondary N) is 2. The van der Waals surface area contributed by atoms with Crippen LogP contribution < -0.4 is 49.3 Å². The molecule has 0 fully saturated rings. The molecule has 0 aliphatic rings. The lowest BCUT2D eigenvalue weighted by molar-refractivity contribution is -0.142. The topological polar surface area (TPSA) is 137 Å². The molecule has 0 aromatic heterocycles. The third kappa shape index (κ3) is 11.2. The SMILES string of the molecule is COC(=O)CNC(=O)C(C[SH]=CCC[P+](c1ccccc1)(c1ccccc1)c1ccccc1)NC(=O)CCC(N)C(=O)OC.[Br-]. The molecule has 2 unspecified atom stereocenters. The van der Waals surface area contributed by atoms with Gasteiger partial charge in [-0.15, -0.1) is 0 Å². The van der Waals surface area contributed by atoms with Crippen molar-refractivity contribution >= 4 is 63.6 Å². The van der Waals surface area contributed by atoms with Gasteiger partial charge in [-0.3, -0.25) is 19.2 Å². The van der Waals surface area contributed by atoms with Crippen molar-refractivity contribution in [1.82, 2.24) is 10.6 Å². The Balaban J connectivity index is 0.00000705. The monoisotopic (exact) mass is 717 g/mol. The van der Waals surface area contributed by atoms with E-state index in [4.69, 9.17) is 5.73 Å². The van der Waals surface area contributed by atoms with Crippen molar-refractivity contribution in [3.63, 3.8) is 0 Å². The molecule has 45 heavy (non-hydrogen) atoms. The van der Waals surface area contributed by atoms with Crippen LogP contribution in [0.25, 0.3) is 0 Å². The summed E-state index contributed by atoms with van der Waals surface area (Å²) in [7, 11) is 0.459. The maximum absolute atomic E-state index is 12.9. The number of thiol groups is 1. The van der Waals surface area contributed by atoms with Crippen LogP contribution in [0.15, 0.2) is 91.0 Å². The Morgan fingerprint density at radius 3 is 1.82 bits per heavy atom. The second kappa shape index (κ2) is 19.9. The van der Waals surface area contributed by atoms with Gasteiger partial charge in [-0.05, 0) is 42.8 Å². The van der Waals surface area contributed by atoms with E-state index in [1.165, 1.54) is 30.1 Å². The summed E-state index contributed by atoms with van der Waals surface area (Å²) in [6.45, 7) is -0.312. The van der Waals surface area contributed by atoms with E-state index >= 15 is 0 Å². The summed E-state index contributed by atoms with van der Waals surface area (Å²) in [4.78, 5) is 48.8. The Bertz CT molecular complexity index is 1300. The Morgan fingerprint density at radius 2 is 1.36 bits per heavy atom. The molecular formula is C33H41BrN3O6PS. The highest BCUT2D eigenvalue weighted by Gasteiger charge is 2.44. The van der Waals surface area contributed by atoms with E-state index in [0.717, 1.165) is 23.9 Å². The summed E-state index contributed by atoms with van der Waals surface area (Å²) in [6.07, 6.45) is 1.67. The summed E-state index contributed by atoms with van der Waals surface area (Å²) >= 11 is 0.846. The van der Waals surface area contributed by atoms with Gasteiger partial charge >= 0.3 is 11.9 Å². The zero-order valence-corrected chi connectivity index (χ0v) is 28.8. The van der Waals surface area contributed by atoms with E-state index in [-0.39, 0.29) is 36.4 Å². The van der Waals surface area contributed by atoms with Crippen LogP contribution >= 0.6 is 18.6 Å². The summed E-state index contributed by atoms with van der Waals surface area (Å²) in [5.74, 6) is -1.84. The number of methoxy groups -OCH3 is 2. The highest BCUT2D eigenvalue weighted by atomic mass is 79.9. The molecule has 0 bridgehead atoms. The van der Waals surface area contributed by atoms with Gasteiger partial charge in [0.05, 0.1) is 20.4 Å². The quantitative estimate of drug-likeness (QED) is 0.0626. The van der Waals surface area contributed by atoms with E-state index in [1.807, 2.05) is 18.2 Å². The molecule has 2 atom stereocenters. The molecule has 0 saturated carbocycles. The normalized spacial score (nSPS) is 12.5. The van der Waals surface area contributed by atoms with Crippen LogP contribution in [-0.2, 0) is 28.7 Å². The van der Waals surface area contributed by atoms with Gasteiger partial charge in [0.15, 0.2) is 0 Å². The van der Waals surface area contributed by atoms with Crippen molar-refractivity contribution in [2.24, 2.45) is 5.73 Å². The third-order valence-corrected chi connectivity index (χ3v) is 12.6. The van der Waals surface area contributed by atoms with E-state index in [0.29, 0.717) is 5.75 Å². The maximum Gasteiger partial charge on any atom is 0.325 e. The fourth-order valence-electron chi connectivity index (χ4n) is 4.78. The van der Waals surface area contributed by atoms with Gasteiger partial charge in [0.25, 0.3) is 0 Å². The number of carbonyl (C=O) groups excluding carboxylic acids is 4. The summed E-state index contributed by atoms with van der Waals surface area (Å²) in [5, 5.41) is 11.2. The van der Waals surface area contributed by atoms with Crippen LogP contribution in [0.1, 0.15) is 19.3 Å². The minimum Gasteiger partial charge on any atom is -1.00 e. The summed E-state index contributed by atoms with van der Waals surface area (Å²) in [6, 6.07) is 30.0. The number of benzene rings is 3. The molecule has 9 nitrogen and oxygen atoms in total. The van der Waals surface area contributed by atoms with Gasteiger partial charge in [-0.2, -0.15) is 0 Å². The first-order chi connectivity index (χ1) is 21.3.